The Hall–Kier alpha value is -2.01. The molecule has 0 spiro atoms. The Balaban J connectivity index is 1.63. The second kappa shape index (κ2) is 8.39. The highest BCUT2D eigenvalue weighted by Gasteiger charge is 2.44. The van der Waals surface area contributed by atoms with Crippen molar-refractivity contribution < 1.29 is 29.9 Å². The molecule has 1 fully saturated rings. The van der Waals surface area contributed by atoms with Crippen molar-refractivity contribution in [3.05, 3.63) is 46.4 Å². The van der Waals surface area contributed by atoms with Crippen molar-refractivity contribution >= 4 is 22.4 Å². The minimum absolute atomic E-state index is 0.427. The number of aryl methyl sites for hydroxylation is 1. The molecule has 3 aromatic rings. The fourth-order valence-corrected chi connectivity index (χ4v) is 4.42. The summed E-state index contributed by atoms with van der Waals surface area (Å²) >= 11 is 1.74. The molecule has 0 amide bonds. The molecule has 1 aromatic carbocycles. The van der Waals surface area contributed by atoms with Crippen molar-refractivity contribution in [1.29, 1.82) is 0 Å². The number of aromatic nitrogens is 2. The van der Waals surface area contributed by atoms with Crippen molar-refractivity contribution in [2.45, 2.75) is 50.6 Å². The second-order valence-corrected chi connectivity index (χ2v) is 8.29. The summed E-state index contributed by atoms with van der Waals surface area (Å²) in [5.74, 6) is 0.427. The van der Waals surface area contributed by atoms with E-state index in [1.807, 2.05) is 10.6 Å². The van der Waals surface area contributed by atoms with Crippen LogP contribution in [0.1, 0.15) is 16.7 Å². The summed E-state index contributed by atoms with van der Waals surface area (Å²) in [7, 11) is 0. The van der Waals surface area contributed by atoms with E-state index in [1.165, 1.54) is 9.75 Å². The fraction of sp³-hybridized carbons (Fsp3) is 0.450. The minimum atomic E-state index is -1.49. The summed E-state index contributed by atoms with van der Waals surface area (Å²) < 4.78 is 13.3. The van der Waals surface area contributed by atoms with Crippen molar-refractivity contribution in [2.24, 2.45) is 0 Å². The summed E-state index contributed by atoms with van der Waals surface area (Å²) in [5, 5.41) is 39.6. The van der Waals surface area contributed by atoms with Crippen LogP contribution in [0.15, 0.2) is 36.7 Å². The molecule has 0 aliphatic carbocycles. The molecular weight excluding hydrogens is 396 g/mol. The lowest BCUT2D eigenvalue weighted by Crippen LogP contribution is -2.60. The van der Waals surface area contributed by atoms with Gasteiger partial charge in [-0.15, -0.1) is 11.3 Å². The molecule has 5 atom stereocenters. The number of thiophene rings is 1. The van der Waals surface area contributed by atoms with E-state index < -0.39 is 37.3 Å². The topological polar surface area (TPSA) is 117 Å². The number of hydrogen-bond acceptors (Lipinski definition) is 8. The maximum absolute atomic E-state index is 10.3. The van der Waals surface area contributed by atoms with E-state index in [0.29, 0.717) is 12.3 Å². The molecule has 1 saturated heterocycles. The first-order chi connectivity index (χ1) is 14.0. The van der Waals surface area contributed by atoms with Crippen LogP contribution in [0.4, 0.5) is 0 Å². The van der Waals surface area contributed by atoms with Crippen LogP contribution in [0.25, 0.3) is 11.0 Å². The first-order valence-electron chi connectivity index (χ1n) is 9.50. The van der Waals surface area contributed by atoms with E-state index in [-0.39, 0.29) is 0 Å². The lowest BCUT2D eigenvalue weighted by molar-refractivity contribution is -0.277. The fourth-order valence-electron chi connectivity index (χ4n) is 3.46. The summed E-state index contributed by atoms with van der Waals surface area (Å²) in [6.45, 7) is 2.23. The maximum atomic E-state index is 10.3. The average molecular weight is 420 g/mol. The van der Waals surface area contributed by atoms with Crippen LogP contribution in [0.2, 0.25) is 0 Å². The third kappa shape index (κ3) is 3.89. The Labute approximate surface area is 171 Å². The second-order valence-electron chi connectivity index (χ2n) is 7.03. The Morgan fingerprint density at radius 3 is 2.62 bits per heavy atom. The van der Waals surface area contributed by atoms with Crippen LogP contribution in [0.3, 0.4) is 0 Å². The van der Waals surface area contributed by atoms with Gasteiger partial charge in [-0.2, -0.15) is 0 Å². The van der Waals surface area contributed by atoms with Gasteiger partial charge in [0.05, 0.1) is 25.0 Å². The van der Waals surface area contributed by atoms with Crippen LogP contribution in [-0.4, -0.2) is 67.3 Å². The number of benzene rings is 1. The highest BCUT2D eigenvalue weighted by molar-refractivity contribution is 7.11. The molecule has 3 heterocycles. The molecule has 8 nitrogen and oxygen atoms in total. The number of fused-ring (bicyclic) bond motifs is 1. The van der Waals surface area contributed by atoms with Crippen molar-refractivity contribution in [3.8, 4) is 5.75 Å². The zero-order valence-electron chi connectivity index (χ0n) is 15.9. The normalized spacial score (nSPS) is 27.4. The standard InChI is InChI=1S/C20H24N2O6S/c1-2-11-6-7-12(29-11)8-22-10-21-13-4-3-5-14(16(13)22)27-20-19(26)18(25)17(24)15(9-23)28-20/h3-7,10,15,17-20,23-26H,2,8-9H2,1H3/t15-,17-,18+,19-,20-/m1/s1. The van der Waals surface area contributed by atoms with Gasteiger partial charge in [-0.25, -0.2) is 4.98 Å². The van der Waals surface area contributed by atoms with Gasteiger partial charge in [-0.05, 0) is 30.7 Å². The summed E-state index contributed by atoms with van der Waals surface area (Å²) in [6.07, 6.45) is -3.94. The first kappa shape index (κ1) is 20.3. The Bertz CT molecular complexity index is 971. The number of aliphatic hydroxyl groups is 4. The monoisotopic (exact) mass is 420 g/mol. The van der Waals surface area contributed by atoms with Crippen molar-refractivity contribution in [3.63, 3.8) is 0 Å². The van der Waals surface area contributed by atoms with Gasteiger partial charge < -0.3 is 34.5 Å². The number of ether oxygens (including phenoxy) is 2. The van der Waals surface area contributed by atoms with E-state index >= 15 is 0 Å². The summed E-state index contributed by atoms with van der Waals surface area (Å²) in [5.41, 5.74) is 1.45. The van der Waals surface area contributed by atoms with E-state index in [4.69, 9.17) is 9.47 Å². The molecule has 4 rings (SSSR count). The van der Waals surface area contributed by atoms with Crippen LogP contribution in [-0.2, 0) is 17.7 Å². The highest BCUT2D eigenvalue weighted by atomic mass is 32.1. The zero-order valence-corrected chi connectivity index (χ0v) is 16.7. The van der Waals surface area contributed by atoms with Crippen LogP contribution >= 0.6 is 11.3 Å². The molecule has 9 heteroatoms. The van der Waals surface area contributed by atoms with Gasteiger partial charge in [0.2, 0.25) is 6.29 Å². The van der Waals surface area contributed by atoms with E-state index in [1.54, 1.807) is 29.8 Å². The van der Waals surface area contributed by atoms with Gasteiger partial charge in [-0.3, -0.25) is 0 Å². The van der Waals surface area contributed by atoms with Crippen LogP contribution in [0, 0.1) is 0 Å². The summed E-state index contributed by atoms with van der Waals surface area (Å²) in [6, 6.07) is 9.58. The van der Waals surface area contributed by atoms with Gasteiger partial charge in [0.1, 0.15) is 35.7 Å². The molecule has 156 valence electrons. The number of nitrogens with zero attached hydrogens (tertiary/aromatic N) is 2. The van der Waals surface area contributed by atoms with Crippen molar-refractivity contribution in [1.82, 2.24) is 9.55 Å². The van der Waals surface area contributed by atoms with E-state index in [0.717, 1.165) is 17.5 Å². The van der Waals surface area contributed by atoms with Gasteiger partial charge in [-0.1, -0.05) is 13.0 Å². The molecule has 0 bridgehead atoms. The molecule has 2 aromatic heterocycles. The lowest BCUT2D eigenvalue weighted by Gasteiger charge is -2.39. The third-order valence-corrected chi connectivity index (χ3v) is 6.30. The molecule has 29 heavy (non-hydrogen) atoms. The van der Waals surface area contributed by atoms with E-state index in [9.17, 15) is 20.4 Å². The number of para-hydroxylation sites is 1. The number of imidazole rings is 1. The van der Waals surface area contributed by atoms with Crippen LogP contribution < -0.4 is 4.74 Å². The molecule has 1 aliphatic rings. The molecule has 4 N–H and O–H groups in total. The number of aliphatic hydroxyl groups excluding tert-OH is 4. The largest absolute Gasteiger partial charge is 0.460 e. The predicted octanol–water partition coefficient (Wildman–Crippen LogP) is 0.887. The zero-order chi connectivity index (χ0) is 20.5. The number of rotatable bonds is 6. The highest BCUT2D eigenvalue weighted by Crippen LogP contribution is 2.30. The SMILES string of the molecule is CCc1ccc(Cn2cnc3cccc(O[C@@H]4O[C@H](CO)[C@@H](O)[C@H](O)[C@H]4O)c32)s1. The quantitative estimate of drug-likeness (QED) is 0.468. The molecule has 1 aliphatic heterocycles. The molecule has 0 saturated carbocycles. The molecule has 0 radical (unpaired) electrons. The Morgan fingerprint density at radius 2 is 1.90 bits per heavy atom. The van der Waals surface area contributed by atoms with Gasteiger partial charge in [0.15, 0.2) is 0 Å². The molecule has 0 unspecified atom stereocenters. The van der Waals surface area contributed by atoms with Gasteiger partial charge in [0, 0.05) is 9.75 Å². The maximum Gasteiger partial charge on any atom is 0.229 e. The summed E-state index contributed by atoms with van der Waals surface area (Å²) in [4.78, 5) is 6.92. The number of hydrogen-bond donors (Lipinski definition) is 4. The predicted molar refractivity (Wildman–Crippen MR) is 107 cm³/mol. The molecular formula is C20H24N2O6S. The van der Waals surface area contributed by atoms with Crippen LogP contribution in [0.5, 0.6) is 5.75 Å². The average Bonchev–Trinajstić information content (AvgIpc) is 3.36. The smallest absolute Gasteiger partial charge is 0.229 e. The Morgan fingerprint density at radius 1 is 1.10 bits per heavy atom. The van der Waals surface area contributed by atoms with Gasteiger partial charge in [0.25, 0.3) is 0 Å². The van der Waals surface area contributed by atoms with E-state index in [2.05, 4.69) is 24.0 Å². The van der Waals surface area contributed by atoms with Gasteiger partial charge >= 0.3 is 0 Å². The van der Waals surface area contributed by atoms with Crippen molar-refractivity contribution in [2.75, 3.05) is 6.61 Å². The minimum Gasteiger partial charge on any atom is -0.460 e. The Kier molecular flexibility index (Phi) is 5.86. The first-order valence-corrected chi connectivity index (χ1v) is 10.3. The third-order valence-electron chi connectivity index (χ3n) is 5.08. The lowest BCUT2D eigenvalue weighted by atomic mass is 9.99.